The Morgan fingerprint density at radius 3 is 2.69 bits per heavy atom. The van der Waals surface area contributed by atoms with Crippen molar-refractivity contribution >= 4 is 21.9 Å². The first kappa shape index (κ1) is 10.9. The highest BCUT2D eigenvalue weighted by atomic mass is 79.9. The summed E-state index contributed by atoms with van der Waals surface area (Å²) in [5.41, 5.74) is 2.30. The summed E-state index contributed by atoms with van der Waals surface area (Å²) in [6, 6.07) is 7.56. The van der Waals surface area contributed by atoms with Gasteiger partial charge < -0.3 is 5.11 Å². The van der Waals surface area contributed by atoms with Crippen molar-refractivity contribution in [1.29, 1.82) is 0 Å². The quantitative estimate of drug-likeness (QED) is 0.889. The standard InChI is InChI=1S/C11H9BrN2O2/c1-6-9(13-14-10(6)11(15)16)7-4-2-3-5-8(7)12/h2-5H,1H3,(H,13,14)(H,15,16). The van der Waals surface area contributed by atoms with E-state index in [0.29, 0.717) is 11.3 Å². The van der Waals surface area contributed by atoms with Crippen molar-refractivity contribution in [3.63, 3.8) is 0 Å². The van der Waals surface area contributed by atoms with Crippen LogP contribution in [0.2, 0.25) is 0 Å². The van der Waals surface area contributed by atoms with E-state index < -0.39 is 5.97 Å². The van der Waals surface area contributed by atoms with E-state index in [9.17, 15) is 4.79 Å². The normalized spacial score (nSPS) is 10.4. The molecule has 0 atom stereocenters. The summed E-state index contributed by atoms with van der Waals surface area (Å²) in [4.78, 5) is 10.9. The molecule has 0 radical (unpaired) electrons. The third-order valence-electron chi connectivity index (χ3n) is 2.35. The van der Waals surface area contributed by atoms with Gasteiger partial charge in [-0.05, 0) is 13.0 Å². The van der Waals surface area contributed by atoms with Gasteiger partial charge in [-0.1, -0.05) is 34.1 Å². The van der Waals surface area contributed by atoms with E-state index >= 15 is 0 Å². The average Bonchev–Trinajstić information content (AvgIpc) is 2.61. The molecule has 0 fully saturated rings. The van der Waals surface area contributed by atoms with Gasteiger partial charge in [0.25, 0.3) is 0 Å². The number of H-pyrrole nitrogens is 1. The number of benzene rings is 1. The van der Waals surface area contributed by atoms with Gasteiger partial charge in [-0.3, -0.25) is 5.10 Å². The molecule has 5 heteroatoms. The van der Waals surface area contributed by atoms with Gasteiger partial charge in [0.05, 0.1) is 5.69 Å². The van der Waals surface area contributed by atoms with E-state index in [2.05, 4.69) is 26.1 Å². The molecule has 0 amide bonds. The van der Waals surface area contributed by atoms with Gasteiger partial charge in [0.2, 0.25) is 0 Å². The number of rotatable bonds is 2. The zero-order chi connectivity index (χ0) is 11.7. The molecule has 2 rings (SSSR count). The van der Waals surface area contributed by atoms with E-state index in [1.807, 2.05) is 24.3 Å². The fourth-order valence-electron chi connectivity index (χ4n) is 1.52. The molecule has 2 N–H and O–H groups in total. The van der Waals surface area contributed by atoms with Gasteiger partial charge in [-0.15, -0.1) is 0 Å². The summed E-state index contributed by atoms with van der Waals surface area (Å²) in [5.74, 6) is -0.997. The van der Waals surface area contributed by atoms with Crippen LogP contribution in [0.5, 0.6) is 0 Å². The minimum absolute atomic E-state index is 0.130. The number of hydrogen-bond donors (Lipinski definition) is 2. The third kappa shape index (κ3) is 1.74. The number of aromatic carboxylic acids is 1. The Kier molecular flexibility index (Phi) is 2.78. The highest BCUT2D eigenvalue weighted by molar-refractivity contribution is 9.10. The zero-order valence-corrected chi connectivity index (χ0v) is 10.1. The average molecular weight is 281 g/mol. The lowest BCUT2D eigenvalue weighted by Crippen LogP contribution is -1.98. The van der Waals surface area contributed by atoms with Crippen LogP contribution in [-0.2, 0) is 0 Å². The highest BCUT2D eigenvalue weighted by Gasteiger charge is 2.16. The van der Waals surface area contributed by atoms with Gasteiger partial charge in [-0.2, -0.15) is 5.10 Å². The molecule has 16 heavy (non-hydrogen) atoms. The van der Waals surface area contributed by atoms with Crippen LogP contribution in [0.25, 0.3) is 11.3 Å². The first-order valence-corrected chi connectivity index (χ1v) is 5.43. The smallest absolute Gasteiger partial charge is 0.354 e. The van der Waals surface area contributed by atoms with Gasteiger partial charge in [0, 0.05) is 15.6 Å². The molecule has 0 spiro atoms. The molecule has 0 aliphatic carbocycles. The van der Waals surface area contributed by atoms with Crippen LogP contribution < -0.4 is 0 Å². The predicted octanol–water partition coefficient (Wildman–Crippen LogP) is 2.85. The minimum Gasteiger partial charge on any atom is -0.477 e. The van der Waals surface area contributed by atoms with Gasteiger partial charge in [0.15, 0.2) is 0 Å². The summed E-state index contributed by atoms with van der Waals surface area (Å²) in [7, 11) is 0. The number of carboxylic acids is 1. The number of aromatic nitrogens is 2. The van der Waals surface area contributed by atoms with Gasteiger partial charge in [-0.25, -0.2) is 4.79 Å². The van der Waals surface area contributed by atoms with E-state index in [-0.39, 0.29) is 5.69 Å². The van der Waals surface area contributed by atoms with Crippen LogP contribution in [-0.4, -0.2) is 21.3 Å². The third-order valence-corrected chi connectivity index (χ3v) is 3.04. The van der Waals surface area contributed by atoms with Crippen LogP contribution in [0.3, 0.4) is 0 Å². The van der Waals surface area contributed by atoms with Crippen LogP contribution in [0, 0.1) is 6.92 Å². The van der Waals surface area contributed by atoms with Crippen LogP contribution in [0.1, 0.15) is 16.1 Å². The Hall–Kier alpha value is -1.62. The molecule has 0 bridgehead atoms. The number of carboxylic acid groups (broad SMARTS) is 1. The molecule has 0 saturated carbocycles. The Morgan fingerprint density at radius 2 is 2.12 bits per heavy atom. The maximum absolute atomic E-state index is 10.9. The van der Waals surface area contributed by atoms with Crippen molar-refractivity contribution in [2.75, 3.05) is 0 Å². The van der Waals surface area contributed by atoms with Gasteiger partial charge >= 0.3 is 5.97 Å². The highest BCUT2D eigenvalue weighted by Crippen LogP contribution is 2.29. The fraction of sp³-hybridized carbons (Fsp3) is 0.0909. The Balaban J connectivity index is 2.58. The summed E-state index contributed by atoms with van der Waals surface area (Å²) in [6.45, 7) is 1.74. The lowest BCUT2D eigenvalue weighted by atomic mass is 10.1. The van der Waals surface area contributed by atoms with E-state index in [1.54, 1.807) is 6.92 Å². The van der Waals surface area contributed by atoms with Crippen LogP contribution in [0.4, 0.5) is 0 Å². The molecule has 0 saturated heterocycles. The topological polar surface area (TPSA) is 66.0 Å². The predicted molar refractivity (Wildman–Crippen MR) is 63.4 cm³/mol. The Labute approximate surface area is 100 Å². The Morgan fingerprint density at radius 1 is 1.44 bits per heavy atom. The molecule has 0 aliphatic heterocycles. The molecule has 2 aromatic rings. The number of nitrogens with one attached hydrogen (secondary N) is 1. The summed E-state index contributed by atoms with van der Waals surface area (Å²) < 4.78 is 0.890. The van der Waals surface area contributed by atoms with Crippen molar-refractivity contribution in [3.05, 3.63) is 40.0 Å². The molecule has 0 aliphatic rings. The summed E-state index contributed by atoms with van der Waals surface area (Å²) in [5, 5.41) is 15.5. The molecule has 1 aromatic heterocycles. The van der Waals surface area contributed by atoms with Crippen molar-refractivity contribution in [2.24, 2.45) is 0 Å². The number of aromatic amines is 1. The SMILES string of the molecule is Cc1c(-c2ccccc2Br)n[nH]c1C(=O)O. The first-order valence-electron chi connectivity index (χ1n) is 4.64. The molecular formula is C11H9BrN2O2. The second-order valence-electron chi connectivity index (χ2n) is 3.36. The molecule has 1 heterocycles. The largest absolute Gasteiger partial charge is 0.477 e. The molecular weight excluding hydrogens is 272 g/mol. The maximum Gasteiger partial charge on any atom is 0.354 e. The van der Waals surface area contributed by atoms with Crippen molar-refractivity contribution in [2.45, 2.75) is 6.92 Å². The number of carbonyl (C=O) groups is 1. The fourth-order valence-corrected chi connectivity index (χ4v) is 1.99. The van der Waals surface area contributed by atoms with Crippen molar-refractivity contribution in [3.8, 4) is 11.3 Å². The monoisotopic (exact) mass is 280 g/mol. The maximum atomic E-state index is 10.9. The molecule has 0 unspecified atom stereocenters. The van der Waals surface area contributed by atoms with E-state index in [1.165, 1.54) is 0 Å². The second-order valence-corrected chi connectivity index (χ2v) is 4.21. The zero-order valence-electron chi connectivity index (χ0n) is 8.49. The molecule has 4 nitrogen and oxygen atoms in total. The summed E-state index contributed by atoms with van der Waals surface area (Å²) in [6.07, 6.45) is 0. The van der Waals surface area contributed by atoms with Crippen molar-refractivity contribution < 1.29 is 9.90 Å². The van der Waals surface area contributed by atoms with Crippen molar-refractivity contribution in [1.82, 2.24) is 10.2 Å². The number of hydrogen-bond acceptors (Lipinski definition) is 2. The molecule has 1 aromatic carbocycles. The van der Waals surface area contributed by atoms with Crippen LogP contribution in [0.15, 0.2) is 28.7 Å². The Bertz CT molecular complexity index is 549. The second kappa shape index (κ2) is 4.09. The van der Waals surface area contributed by atoms with E-state index in [0.717, 1.165) is 10.0 Å². The lowest BCUT2D eigenvalue weighted by molar-refractivity contribution is 0.0689. The number of nitrogens with zero attached hydrogens (tertiary/aromatic N) is 1. The lowest BCUT2D eigenvalue weighted by Gasteiger charge is -2.01. The van der Waals surface area contributed by atoms with Crippen LogP contribution >= 0.6 is 15.9 Å². The molecule has 82 valence electrons. The first-order chi connectivity index (χ1) is 7.61. The minimum atomic E-state index is -0.997. The number of halogens is 1. The van der Waals surface area contributed by atoms with E-state index in [4.69, 9.17) is 5.11 Å². The summed E-state index contributed by atoms with van der Waals surface area (Å²) >= 11 is 3.41. The van der Waals surface area contributed by atoms with Gasteiger partial charge in [0.1, 0.15) is 5.69 Å².